The van der Waals surface area contributed by atoms with Crippen molar-refractivity contribution >= 4 is 11.9 Å². The van der Waals surface area contributed by atoms with Gasteiger partial charge in [-0.3, -0.25) is 9.71 Å². The van der Waals surface area contributed by atoms with Crippen molar-refractivity contribution in [1.82, 2.24) is 9.71 Å². The summed E-state index contributed by atoms with van der Waals surface area (Å²) in [5.74, 6) is 0.989. The van der Waals surface area contributed by atoms with E-state index in [2.05, 4.69) is 40.0 Å². The number of nitrogens with one attached hydrogen (secondary N) is 1. The summed E-state index contributed by atoms with van der Waals surface area (Å²) in [6.45, 7) is 0.494. The predicted molar refractivity (Wildman–Crippen MR) is 81.7 cm³/mol. The van der Waals surface area contributed by atoms with Crippen molar-refractivity contribution in [3.8, 4) is 0 Å². The molecule has 2 aromatic rings. The zero-order valence-electron chi connectivity index (χ0n) is 11.1. The van der Waals surface area contributed by atoms with E-state index in [-0.39, 0.29) is 0 Å². The highest BCUT2D eigenvalue weighted by Crippen LogP contribution is 2.14. The van der Waals surface area contributed by atoms with Crippen molar-refractivity contribution in [3.63, 3.8) is 0 Å². The minimum atomic E-state index is 0.494. The lowest BCUT2D eigenvalue weighted by Crippen LogP contribution is -2.00. The van der Waals surface area contributed by atoms with Crippen LogP contribution in [-0.2, 0) is 18.7 Å². The van der Waals surface area contributed by atoms with E-state index in [1.165, 1.54) is 16.7 Å². The number of aromatic nitrogens is 1. The second kappa shape index (κ2) is 7.28. The molecule has 4 heteroatoms. The van der Waals surface area contributed by atoms with Gasteiger partial charge in [0.1, 0.15) is 0 Å². The molecule has 0 bridgehead atoms. The van der Waals surface area contributed by atoms with Crippen LogP contribution < -0.4 is 10.5 Å². The number of pyridine rings is 1. The fourth-order valence-corrected chi connectivity index (χ4v) is 2.40. The maximum atomic E-state index is 5.61. The second-order valence-corrected chi connectivity index (χ2v) is 5.33. The van der Waals surface area contributed by atoms with Crippen LogP contribution in [0, 0.1) is 0 Å². The standard InChI is InChI=1S/C15H19N3S/c1-17-19-11-13-4-2-12(3-5-13)8-14-6-7-18-15(9-14)10-16/h2-7,9,17H,8,10-11,16H2,1H3. The van der Waals surface area contributed by atoms with E-state index in [0.717, 1.165) is 17.9 Å². The molecule has 0 aliphatic carbocycles. The van der Waals surface area contributed by atoms with Crippen LogP contribution in [0.15, 0.2) is 42.6 Å². The lowest BCUT2D eigenvalue weighted by Gasteiger charge is -2.05. The fourth-order valence-electron chi connectivity index (χ4n) is 1.89. The minimum absolute atomic E-state index is 0.494. The quantitative estimate of drug-likeness (QED) is 0.794. The lowest BCUT2D eigenvalue weighted by atomic mass is 10.0. The molecule has 0 aliphatic rings. The van der Waals surface area contributed by atoms with Gasteiger partial charge in [-0.05, 0) is 42.3 Å². The smallest absolute Gasteiger partial charge is 0.0542 e. The Balaban J connectivity index is 2.02. The van der Waals surface area contributed by atoms with E-state index < -0.39 is 0 Å². The SMILES string of the molecule is CNSCc1ccc(Cc2ccnc(CN)c2)cc1. The van der Waals surface area contributed by atoms with E-state index in [9.17, 15) is 0 Å². The van der Waals surface area contributed by atoms with Gasteiger partial charge in [0.2, 0.25) is 0 Å². The average molecular weight is 273 g/mol. The molecule has 1 heterocycles. The van der Waals surface area contributed by atoms with Gasteiger partial charge in [-0.2, -0.15) is 0 Å². The summed E-state index contributed by atoms with van der Waals surface area (Å²) >= 11 is 1.70. The van der Waals surface area contributed by atoms with Gasteiger partial charge in [0, 0.05) is 18.5 Å². The molecule has 100 valence electrons. The molecule has 0 fully saturated rings. The first-order valence-electron chi connectivity index (χ1n) is 6.32. The molecule has 0 saturated heterocycles. The zero-order valence-corrected chi connectivity index (χ0v) is 11.9. The molecule has 1 aromatic carbocycles. The molecule has 0 spiro atoms. The molecule has 3 nitrogen and oxygen atoms in total. The van der Waals surface area contributed by atoms with Crippen LogP contribution in [0.25, 0.3) is 0 Å². The first kappa shape index (κ1) is 14.1. The molecule has 0 unspecified atom stereocenters. The molecule has 3 N–H and O–H groups in total. The summed E-state index contributed by atoms with van der Waals surface area (Å²) in [6, 6.07) is 12.9. The second-order valence-electron chi connectivity index (χ2n) is 4.35. The van der Waals surface area contributed by atoms with Crippen LogP contribution in [-0.4, -0.2) is 12.0 Å². The third kappa shape index (κ3) is 4.35. The summed E-state index contributed by atoms with van der Waals surface area (Å²) in [5.41, 5.74) is 10.5. The van der Waals surface area contributed by atoms with Crippen molar-refractivity contribution < 1.29 is 0 Å². The third-order valence-electron chi connectivity index (χ3n) is 2.90. The molecule has 19 heavy (non-hydrogen) atoms. The number of nitrogens with two attached hydrogens (primary N) is 1. The molecule has 0 aliphatic heterocycles. The zero-order chi connectivity index (χ0) is 13.5. The predicted octanol–water partition coefficient (Wildman–Crippen LogP) is 2.50. The van der Waals surface area contributed by atoms with E-state index in [1.807, 2.05) is 19.3 Å². The Bertz CT molecular complexity index is 511. The first-order valence-corrected chi connectivity index (χ1v) is 7.30. The van der Waals surface area contributed by atoms with Crippen LogP contribution in [0.4, 0.5) is 0 Å². The highest BCUT2D eigenvalue weighted by atomic mass is 32.2. The Morgan fingerprint density at radius 1 is 1.11 bits per heavy atom. The van der Waals surface area contributed by atoms with Gasteiger partial charge < -0.3 is 5.73 Å². The largest absolute Gasteiger partial charge is 0.325 e. The van der Waals surface area contributed by atoms with E-state index >= 15 is 0 Å². The summed E-state index contributed by atoms with van der Waals surface area (Å²) in [4.78, 5) is 4.21. The van der Waals surface area contributed by atoms with Gasteiger partial charge >= 0.3 is 0 Å². The molecule has 1 aromatic heterocycles. The highest BCUT2D eigenvalue weighted by Gasteiger charge is 1.99. The Kier molecular flexibility index (Phi) is 5.39. The molecule has 0 radical (unpaired) electrons. The van der Waals surface area contributed by atoms with Crippen LogP contribution >= 0.6 is 11.9 Å². The van der Waals surface area contributed by atoms with E-state index in [4.69, 9.17) is 5.73 Å². The van der Waals surface area contributed by atoms with E-state index in [0.29, 0.717) is 6.54 Å². The van der Waals surface area contributed by atoms with Gasteiger partial charge in [-0.1, -0.05) is 36.2 Å². The van der Waals surface area contributed by atoms with Crippen molar-refractivity contribution in [1.29, 1.82) is 0 Å². The fraction of sp³-hybridized carbons (Fsp3) is 0.267. The number of hydrogen-bond acceptors (Lipinski definition) is 4. The molecular weight excluding hydrogens is 254 g/mol. The first-order chi connectivity index (χ1) is 9.31. The maximum absolute atomic E-state index is 5.61. The number of rotatable bonds is 6. The number of hydrogen-bond donors (Lipinski definition) is 2. The van der Waals surface area contributed by atoms with Crippen LogP contribution in [0.2, 0.25) is 0 Å². The van der Waals surface area contributed by atoms with Crippen molar-refractivity contribution in [2.45, 2.75) is 18.7 Å². The Labute approximate surface area is 118 Å². The Morgan fingerprint density at radius 2 is 1.84 bits per heavy atom. The lowest BCUT2D eigenvalue weighted by molar-refractivity contribution is 0.976. The Hall–Kier alpha value is -1.36. The maximum Gasteiger partial charge on any atom is 0.0542 e. The molecule has 2 rings (SSSR count). The normalized spacial score (nSPS) is 10.6. The average Bonchev–Trinajstić information content (AvgIpc) is 2.47. The van der Waals surface area contributed by atoms with Crippen molar-refractivity contribution in [3.05, 3.63) is 65.0 Å². The monoisotopic (exact) mass is 273 g/mol. The summed E-state index contributed by atoms with van der Waals surface area (Å²) in [7, 11) is 1.94. The minimum Gasteiger partial charge on any atom is -0.325 e. The molecule has 0 saturated carbocycles. The van der Waals surface area contributed by atoms with Crippen molar-refractivity contribution in [2.75, 3.05) is 7.05 Å². The van der Waals surface area contributed by atoms with Crippen LogP contribution in [0.3, 0.4) is 0 Å². The van der Waals surface area contributed by atoms with Gasteiger partial charge in [-0.15, -0.1) is 0 Å². The Morgan fingerprint density at radius 3 is 2.53 bits per heavy atom. The van der Waals surface area contributed by atoms with Crippen LogP contribution in [0.1, 0.15) is 22.4 Å². The van der Waals surface area contributed by atoms with Crippen molar-refractivity contribution in [2.24, 2.45) is 5.73 Å². The van der Waals surface area contributed by atoms with Gasteiger partial charge in [0.05, 0.1) is 5.69 Å². The summed E-state index contributed by atoms with van der Waals surface area (Å²) in [6.07, 6.45) is 2.75. The molecule has 0 amide bonds. The third-order valence-corrected chi connectivity index (χ3v) is 3.67. The summed E-state index contributed by atoms with van der Waals surface area (Å²) < 4.78 is 3.08. The molecular formula is C15H19N3S. The van der Waals surface area contributed by atoms with Gasteiger partial charge in [0.15, 0.2) is 0 Å². The number of nitrogens with zero attached hydrogens (tertiary/aromatic N) is 1. The van der Waals surface area contributed by atoms with E-state index in [1.54, 1.807) is 11.9 Å². The summed E-state index contributed by atoms with van der Waals surface area (Å²) in [5, 5.41) is 0. The molecule has 0 atom stereocenters. The van der Waals surface area contributed by atoms with Gasteiger partial charge in [0.25, 0.3) is 0 Å². The topological polar surface area (TPSA) is 50.9 Å². The van der Waals surface area contributed by atoms with Crippen LogP contribution in [0.5, 0.6) is 0 Å². The van der Waals surface area contributed by atoms with Gasteiger partial charge in [-0.25, -0.2) is 0 Å². The highest BCUT2D eigenvalue weighted by molar-refractivity contribution is 7.96. The number of benzene rings is 1.